The molecular formula is C9H13Zr. The molecule has 0 saturated carbocycles. The largest absolute Gasteiger partial charge is 0.0764 e. The summed E-state index contributed by atoms with van der Waals surface area (Å²) in [6.07, 6.45) is 12.5. The zero-order valence-electron chi connectivity index (χ0n) is 6.43. The summed E-state index contributed by atoms with van der Waals surface area (Å²) in [5.74, 6) is 0. The summed E-state index contributed by atoms with van der Waals surface area (Å²) in [5.41, 5.74) is 1.48. The van der Waals surface area contributed by atoms with Crippen molar-refractivity contribution in [2.24, 2.45) is 0 Å². The Bertz CT molecular complexity index is 134. The van der Waals surface area contributed by atoms with Crippen molar-refractivity contribution < 1.29 is 26.2 Å². The third kappa shape index (κ3) is 3.51. The van der Waals surface area contributed by atoms with Crippen molar-refractivity contribution >= 4 is 0 Å². The van der Waals surface area contributed by atoms with Crippen LogP contribution in [0.3, 0.4) is 0 Å². The van der Waals surface area contributed by atoms with E-state index in [1.807, 2.05) is 0 Å². The molecule has 10 heavy (non-hydrogen) atoms. The molecule has 0 amide bonds. The molecule has 1 radical (unpaired) electrons. The van der Waals surface area contributed by atoms with Gasteiger partial charge in [0.1, 0.15) is 0 Å². The van der Waals surface area contributed by atoms with Crippen molar-refractivity contribution in [3.05, 3.63) is 30.2 Å². The average molecular weight is 212 g/mol. The second-order valence-electron chi connectivity index (χ2n) is 2.40. The quantitative estimate of drug-likeness (QED) is 0.675. The normalized spacial score (nSPS) is 14.7. The zero-order chi connectivity index (χ0) is 6.53. The van der Waals surface area contributed by atoms with E-state index in [0.29, 0.717) is 0 Å². The predicted octanol–water partition coefficient (Wildman–Crippen LogP) is 2.87. The summed E-state index contributed by atoms with van der Waals surface area (Å²) in [7, 11) is 0. The van der Waals surface area contributed by atoms with Crippen molar-refractivity contribution in [1.82, 2.24) is 0 Å². The van der Waals surface area contributed by atoms with Crippen LogP contribution in [-0.4, -0.2) is 0 Å². The minimum atomic E-state index is 0. The smallest absolute Gasteiger partial charge is 0.00834 e. The van der Waals surface area contributed by atoms with Crippen LogP contribution in [0, 0.1) is 6.42 Å². The van der Waals surface area contributed by atoms with Crippen LogP contribution in [0.4, 0.5) is 0 Å². The van der Waals surface area contributed by atoms with Gasteiger partial charge in [0.15, 0.2) is 0 Å². The molecule has 1 rings (SSSR count). The first-order valence-corrected chi connectivity index (χ1v) is 3.64. The monoisotopic (exact) mass is 211 g/mol. The number of rotatable bonds is 3. The third-order valence-corrected chi connectivity index (χ3v) is 1.55. The van der Waals surface area contributed by atoms with E-state index in [2.05, 4.69) is 31.6 Å². The summed E-state index contributed by atoms with van der Waals surface area (Å²) in [5, 5.41) is 0. The van der Waals surface area contributed by atoms with Crippen molar-refractivity contribution in [2.75, 3.05) is 0 Å². The van der Waals surface area contributed by atoms with Crippen LogP contribution in [-0.2, 0) is 26.2 Å². The average Bonchev–Trinajstić information content (AvgIpc) is 2.34. The molecule has 0 atom stereocenters. The SMILES string of the molecule is CCCCC1=CC=C[CH]1.[Zr]. The van der Waals surface area contributed by atoms with E-state index in [1.54, 1.807) is 0 Å². The van der Waals surface area contributed by atoms with Crippen LogP contribution >= 0.6 is 0 Å². The standard InChI is InChI=1S/C9H13.Zr/c1-2-3-6-9-7-4-5-8-9;/h4-5,7-8H,2-3,6H2,1H3;. The van der Waals surface area contributed by atoms with Gasteiger partial charge in [0.25, 0.3) is 0 Å². The number of hydrogen-bond donors (Lipinski definition) is 0. The number of hydrogen-bond acceptors (Lipinski definition) is 0. The Labute approximate surface area is 82.5 Å². The van der Waals surface area contributed by atoms with Gasteiger partial charge in [-0.05, 0) is 12.8 Å². The minimum absolute atomic E-state index is 0. The van der Waals surface area contributed by atoms with Gasteiger partial charge in [-0.3, -0.25) is 0 Å². The van der Waals surface area contributed by atoms with E-state index in [-0.39, 0.29) is 26.2 Å². The van der Waals surface area contributed by atoms with Crippen LogP contribution in [0.1, 0.15) is 26.2 Å². The fourth-order valence-corrected chi connectivity index (χ4v) is 0.961. The first-order valence-electron chi connectivity index (χ1n) is 3.64. The van der Waals surface area contributed by atoms with Gasteiger partial charge >= 0.3 is 0 Å². The third-order valence-electron chi connectivity index (χ3n) is 1.55. The predicted molar refractivity (Wildman–Crippen MR) is 41.0 cm³/mol. The molecule has 1 aliphatic rings. The number of allylic oxidation sites excluding steroid dienone is 4. The molecule has 0 aromatic heterocycles. The molecule has 0 heterocycles. The van der Waals surface area contributed by atoms with E-state index in [9.17, 15) is 0 Å². The Morgan fingerprint density at radius 2 is 2.10 bits per heavy atom. The van der Waals surface area contributed by atoms with Crippen LogP contribution in [0.2, 0.25) is 0 Å². The molecule has 0 bridgehead atoms. The van der Waals surface area contributed by atoms with Crippen LogP contribution < -0.4 is 0 Å². The molecule has 1 aliphatic carbocycles. The Morgan fingerprint density at radius 3 is 2.60 bits per heavy atom. The molecule has 0 unspecified atom stereocenters. The maximum absolute atomic E-state index is 2.23. The van der Waals surface area contributed by atoms with E-state index in [0.717, 1.165) is 0 Å². The second kappa shape index (κ2) is 6.10. The summed E-state index contributed by atoms with van der Waals surface area (Å²) in [6, 6.07) is 0. The molecule has 53 valence electrons. The van der Waals surface area contributed by atoms with Gasteiger partial charge in [-0.1, -0.05) is 37.1 Å². The van der Waals surface area contributed by atoms with Gasteiger partial charge in [-0.2, -0.15) is 0 Å². The molecule has 1 heteroatoms. The first-order chi connectivity index (χ1) is 4.43. The van der Waals surface area contributed by atoms with Gasteiger partial charge in [0, 0.05) is 32.6 Å². The van der Waals surface area contributed by atoms with Gasteiger partial charge in [0.05, 0.1) is 0 Å². The van der Waals surface area contributed by atoms with E-state index in [1.165, 1.54) is 24.8 Å². The summed E-state index contributed by atoms with van der Waals surface area (Å²) in [4.78, 5) is 0. The molecule has 0 nitrogen and oxygen atoms in total. The van der Waals surface area contributed by atoms with Gasteiger partial charge < -0.3 is 0 Å². The summed E-state index contributed by atoms with van der Waals surface area (Å²) < 4.78 is 0. The van der Waals surface area contributed by atoms with E-state index in [4.69, 9.17) is 0 Å². The topological polar surface area (TPSA) is 0 Å². The van der Waals surface area contributed by atoms with Crippen molar-refractivity contribution in [2.45, 2.75) is 26.2 Å². The fourth-order valence-electron chi connectivity index (χ4n) is 0.961. The molecule has 0 fully saturated rings. The molecule has 0 spiro atoms. The molecule has 0 saturated heterocycles. The minimum Gasteiger partial charge on any atom is -0.0764 e. The van der Waals surface area contributed by atoms with Gasteiger partial charge in [0.2, 0.25) is 0 Å². The number of unbranched alkanes of at least 4 members (excludes halogenated alkanes) is 1. The second-order valence-corrected chi connectivity index (χ2v) is 2.40. The van der Waals surface area contributed by atoms with Crippen molar-refractivity contribution in [3.8, 4) is 0 Å². The Balaban J connectivity index is 0.000000810. The van der Waals surface area contributed by atoms with Crippen molar-refractivity contribution in [1.29, 1.82) is 0 Å². The van der Waals surface area contributed by atoms with Crippen molar-refractivity contribution in [3.63, 3.8) is 0 Å². The molecular weight excluding hydrogens is 199 g/mol. The Kier molecular flexibility index (Phi) is 6.32. The Morgan fingerprint density at radius 1 is 1.30 bits per heavy atom. The van der Waals surface area contributed by atoms with Crippen LogP contribution in [0.15, 0.2) is 23.8 Å². The van der Waals surface area contributed by atoms with Crippen LogP contribution in [0.25, 0.3) is 0 Å². The summed E-state index contributed by atoms with van der Waals surface area (Å²) >= 11 is 0. The molecule has 0 aromatic rings. The van der Waals surface area contributed by atoms with Gasteiger partial charge in [-0.25, -0.2) is 0 Å². The fraction of sp³-hybridized carbons (Fsp3) is 0.444. The Hall–Kier alpha value is 0.363. The molecule has 0 aromatic carbocycles. The maximum atomic E-state index is 2.23. The van der Waals surface area contributed by atoms with Crippen LogP contribution in [0.5, 0.6) is 0 Å². The molecule has 0 N–H and O–H groups in total. The molecule has 0 aliphatic heterocycles. The van der Waals surface area contributed by atoms with Gasteiger partial charge in [-0.15, -0.1) is 0 Å². The van der Waals surface area contributed by atoms with E-state index >= 15 is 0 Å². The van der Waals surface area contributed by atoms with E-state index < -0.39 is 0 Å². The first kappa shape index (κ1) is 10.4. The maximum Gasteiger partial charge on any atom is 0.00834 e. The summed E-state index contributed by atoms with van der Waals surface area (Å²) in [6.45, 7) is 2.23. The zero-order valence-corrected chi connectivity index (χ0v) is 8.89.